The van der Waals surface area contributed by atoms with Crippen LogP contribution in [-0.2, 0) is 14.3 Å². The minimum absolute atomic E-state index is 0.128. The number of carbonyl (C=O) groups excluding carboxylic acids is 1. The monoisotopic (exact) mass is 305 g/mol. The fourth-order valence-electron chi connectivity index (χ4n) is 1.63. The van der Waals surface area contributed by atoms with Gasteiger partial charge in [-0.05, 0) is 19.4 Å². The third kappa shape index (κ3) is 7.40. The number of carboxylic acids is 1. The highest BCUT2D eigenvalue weighted by atomic mass is 16.5. The van der Waals surface area contributed by atoms with E-state index in [1.165, 1.54) is 0 Å². The van der Waals surface area contributed by atoms with Gasteiger partial charge in [-0.3, -0.25) is 9.59 Å². The highest BCUT2D eigenvalue weighted by molar-refractivity contribution is 5.81. The minimum atomic E-state index is -1.10. The Labute approximate surface area is 125 Å². The second kappa shape index (κ2) is 10.5. The maximum atomic E-state index is 11.7. The molecule has 0 aromatic rings. The average molecular weight is 305 g/mol. The quantitative estimate of drug-likeness (QED) is 0.299. The molecule has 0 aliphatic heterocycles. The summed E-state index contributed by atoms with van der Waals surface area (Å²) in [6.45, 7) is 3.55. The highest BCUT2D eigenvalue weighted by Crippen LogP contribution is 2.21. The number of carbonyl (C=O) groups is 2. The lowest BCUT2D eigenvalue weighted by Gasteiger charge is -2.27. The standard InChI is InChI=1S/C14H27NO6/c1-3-5-6-15-11(13(19)20)7-12(18)21-10-14(4-2,8-16)9-17/h11,15-17H,3-10H2,1-2H3,(H,19,20). The summed E-state index contributed by atoms with van der Waals surface area (Å²) in [7, 11) is 0. The molecule has 0 amide bonds. The summed E-state index contributed by atoms with van der Waals surface area (Å²) >= 11 is 0. The zero-order valence-corrected chi connectivity index (χ0v) is 12.8. The van der Waals surface area contributed by atoms with Gasteiger partial charge in [0.15, 0.2) is 0 Å². The number of nitrogens with one attached hydrogen (secondary N) is 1. The van der Waals surface area contributed by atoms with Gasteiger partial charge in [0.1, 0.15) is 12.6 Å². The molecule has 0 heterocycles. The molecule has 0 saturated carbocycles. The summed E-state index contributed by atoms with van der Waals surface area (Å²) < 4.78 is 5.00. The first kappa shape index (κ1) is 19.8. The van der Waals surface area contributed by atoms with Crippen molar-refractivity contribution in [3.05, 3.63) is 0 Å². The summed E-state index contributed by atoms with van der Waals surface area (Å²) in [5.74, 6) is -1.76. The van der Waals surface area contributed by atoms with E-state index in [0.717, 1.165) is 12.8 Å². The lowest BCUT2D eigenvalue weighted by Crippen LogP contribution is -2.40. The van der Waals surface area contributed by atoms with Crippen LogP contribution in [0.2, 0.25) is 0 Å². The number of aliphatic hydroxyl groups excluding tert-OH is 2. The Bertz CT molecular complexity index is 308. The molecule has 1 unspecified atom stereocenters. The molecule has 0 radical (unpaired) electrons. The van der Waals surface area contributed by atoms with Gasteiger partial charge in [-0.25, -0.2) is 0 Å². The minimum Gasteiger partial charge on any atom is -0.480 e. The topological polar surface area (TPSA) is 116 Å². The van der Waals surface area contributed by atoms with Crippen LogP contribution >= 0.6 is 0 Å². The van der Waals surface area contributed by atoms with E-state index in [-0.39, 0.29) is 26.2 Å². The van der Waals surface area contributed by atoms with Crippen molar-refractivity contribution in [2.75, 3.05) is 26.4 Å². The highest BCUT2D eigenvalue weighted by Gasteiger charge is 2.29. The van der Waals surface area contributed by atoms with E-state index >= 15 is 0 Å². The van der Waals surface area contributed by atoms with Crippen molar-refractivity contribution in [2.45, 2.75) is 45.6 Å². The fourth-order valence-corrected chi connectivity index (χ4v) is 1.63. The van der Waals surface area contributed by atoms with E-state index in [1.807, 2.05) is 6.92 Å². The molecule has 0 aliphatic carbocycles. The van der Waals surface area contributed by atoms with Gasteiger partial charge >= 0.3 is 11.9 Å². The van der Waals surface area contributed by atoms with Crippen LogP contribution in [0.4, 0.5) is 0 Å². The zero-order chi connectivity index (χ0) is 16.3. The number of hydrogen-bond donors (Lipinski definition) is 4. The lowest BCUT2D eigenvalue weighted by atomic mass is 9.88. The van der Waals surface area contributed by atoms with Crippen molar-refractivity contribution < 1.29 is 29.6 Å². The summed E-state index contributed by atoms with van der Waals surface area (Å²) in [6, 6.07) is -0.983. The molecule has 0 bridgehead atoms. The van der Waals surface area contributed by atoms with Gasteiger partial charge < -0.3 is 25.4 Å². The smallest absolute Gasteiger partial charge is 0.321 e. The van der Waals surface area contributed by atoms with Gasteiger partial charge in [0.05, 0.1) is 25.0 Å². The predicted molar refractivity (Wildman–Crippen MR) is 76.8 cm³/mol. The molecular formula is C14H27NO6. The normalized spacial score (nSPS) is 13.0. The lowest BCUT2D eigenvalue weighted by molar-refractivity contribution is -0.154. The Morgan fingerprint density at radius 2 is 1.86 bits per heavy atom. The molecule has 0 rings (SSSR count). The molecule has 0 aromatic heterocycles. The van der Waals surface area contributed by atoms with E-state index < -0.39 is 23.4 Å². The van der Waals surface area contributed by atoms with Crippen molar-refractivity contribution in [3.63, 3.8) is 0 Å². The van der Waals surface area contributed by atoms with Crippen molar-refractivity contribution in [3.8, 4) is 0 Å². The van der Waals surface area contributed by atoms with Crippen LogP contribution in [0.15, 0.2) is 0 Å². The molecule has 21 heavy (non-hydrogen) atoms. The van der Waals surface area contributed by atoms with E-state index in [2.05, 4.69) is 5.32 Å². The summed E-state index contributed by atoms with van der Waals surface area (Å²) in [5.41, 5.74) is -0.871. The van der Waals surface area contributed by atoms with E-state index in [1.54, 1.807) is 6.92 Å². The van der Waals surface area contributed by atoms with Gasteiger partial charge in [0, 0.05) is 0 Å². The molecule has 1 atom stereocenters. The van der Waals surface area contributed by atoms with Crippen molar-refractivity contribution in [1.29, 1.82) is 0 Å². The van der Waals surface area contributed by atoms with Gasteiger partial charge in [-0.1, -0.05) is 20.3 Å². The van der Waals surface area contributed by atoms with E-state index in [9.17, 15) is 19.8 Å². The SMILES string of the molecule is CCCCNC(CC(=O)OCC(CC)(CO)CO)C(=O)O. The molecule has 7 heteroatoms. The van der Waals surface area contributed by atoms with Crippen molar-refractivity contribution in [2.24, 2.45) is 5.41 Å². The zero-order valence-electron chi connectivity index (χ0n) is 12.8. The predicted octanol–water partition coefficient (Wildman–Crippen LogP) is 0.144. The molecule has 0 fully saturated rings. The van der Waals surface area contributed by atoms with Gasteiger partial charge in [0.2, 0.25) is 0 Å². The molecule has 0 aliphatic rings. The van der Waals surface area contributed by atoms with Crippen LogP contribution in [0.3, 0.4) is 0 Å². The number of ether oxygens (including phenoxy) is 1. The van der Waals surface area contributed by atoms with Crippen LogP contribution in [0.1, 0.15) is 39.5 Å². The number of aliphatic carboxylic acids is 1. The Balaban J connectivity index is 4.34. The van der Waals surface area contributed by atoms with E-state index in [4.69, 9.17) is 9.84 Å². The van der Waals surface area contributed by atoms with E-state index in [0.29, 0.717) is 13.0 Å². The number of aliphatic hydroxyl groups is 2. The summed E-state index contributed by atoms with van der Waals surface area (Å²) in [6.07, 6.45) is 1.92. The van der Waals surface area contributed by atoms with Gasteiger partial charge in [-0.15, -0.1) is 0 Å². The molecule has 0 aromatic carbocycles. The third-order valence-electron chi connectivity index (χ3n) is 3.55. The first-order valence-electron chi connectivity index (χ1n) is 7.28. The summed E-state index contributed by atoms with van der Waals surface area (Å²) in [4.78, 5) is 22.7. The Morgan fingerprint density at radius 1 is 1.24 bits per heavy atom. The number of unbranched alkanes of at least 4 members (excludes halogenated alkanes) is 1. The third-order valence-corrected chi connectivity index (χ3v) is 3.55. The molecule has 0 spiro atoms. The molecular weight excluding hydrogens is 278 g/mol. The maximum Gasteiger partial charge on any atom is 0.321 e. The van der Waals surface area contributed by atoms with Crippen molar-refractivity contribution >= 4 is 11.9 Å². The number of esters is 1. The maximum absolute atomic E-state index is 11.7. The molecule has 0 saturated heterocycles. The molecule has 7 nitrogen and oxygen atoms in total. The first-order valence-corrected chi connectivity index (χ1v) is 7.28. The molecule has 4 N–H and O–H groups in total. The van der Waals surface area contributed by atoms with Crippen LogP contribution in [-0.4, -0.2) is 59.7 Å². The molecule has 124 valence electrons. The largest absolute Gasteiger partial charge is 0.480 e. The van der Waals surface area contributed by atoms with Crippen LogP contribution in [0, 0.1) is 5.41 Å². The van der Waals surface area contributed by atoms with Gasteiger partial charge in [0.25, 0.3) is 0 Å². The van der Waals surface area contributed by atoms with Crippen LogP contribution < -0.4 is 5.32 Å². The second-order valence-corrected chi connectivity index (χ2v) is 5.23. The fraction of sp³-hybridized carbons (Fsp3) is 0.857. The van der Waals surface area contributed by atoms with Gasteiger partial charge in [-0.2, -0.15) is 0 Å². The average Bonchev–Trinajstić information content (AvgIpc) is 2.48. The Kier molecular flexibility index (Phi) is 9.94. The number of rotatable bonds is 12. The van der Waals surface area contributed by atoms with Crippen molar-refractivity contribution in [1.82, 2.24) is 5.32 Å². The van der Waals surface area contributed by atoms with Crippen LogP contribution in [0.5, 0.6) is 0 Å². The summed E-state index contributed by atoms with van der Waals surface area (Å²) in [5, 5.41) is 30.3. The Hall–Kier alpha value is -1.18. The number of hydrogen-bond acceptors (Lipinski definition) is 6. The first-order chi connectivity index (χ1) is 9.94. The van der Waals surface area contributed by atoms with Crippen LogP contribution in [0.25, 0.3) is 0 Å². The number of carboxylic acid groups (broad SMARTS) is 1. The Morgan fingerprint density at radius 3 is 2.29 bits per heavy atom. The second-order valence-electron chi connectivity index (χ2n) is 5.23.